The van der Waals surface area contributed by atoms with E-state index < -0.39 is 132 Å². The molecule has 0 bridgehead atoms. The summed E-state index contributed by atoms with van der Waals surface area (Å²) in [6.45, 7) is 4.63. The van der Waals surface area contributed by atoms with Crippen LogP contribution in [0.25, 0.3) is 10.9 Å². The van der Waals surface area contributed by atoms with E-state index in [1.807, 2.05) is 25.1 Å². The zero-order valence-electron chi connectivity index (χ0n) is 46.0. The minimum Gasteiger partial charge on any atom is -0.481 e. The number of amides is 10. The average molecular weight is 1190 g/mol. The third kappa shape index (κ3) is 18.8. The highest BCUT2D eigenvalue weighted by molar-refractivity contribution is 8.76. The number of imide groups is 1. The maximum Gasteiger partial charge on any atom is 0.325 e. The molecule has 4 heterocycles. The molecule has 29 heteroatoms. The minimum absolute atomic E-state index is 0.0166. The molecule has 0 radical (unpaired) electrons. The minimum atomic E-state index is -1.69. The number of carboxylic acid groups (broad SMARTS) is 1. The van der Waals surface area contributed by atoms with E-state index in [9.17, 15) is 57.8 Å². The van der Waals surface area contributed by atoms with Gasteiger partial charge in [0, 0.05) is 72.7 Å². The second kappa shape index (κ2) is 31.1. The zero-order chi connectivity index (χ0) is 60.2. The van der Waals surface area contributed by atoms with Crippen molar-refractivity contribution in [2.24, 2.45) is 5.73 Å². The largest absolute Gasteiger partial charge is 0.481 e. The summed E-state index contributed by atoms with van der Waals surface area (Å²) in [5.41, 5.74) is 7.80. The molecular weight excluding hydrogens is 1110 g/mol. The van der Waals surface area contributed by atoms with Crippen LogP contribution in [0.2, 0.25) is 0 Å². The first kappa shape index (κ1) is 63.7. The van der Waals surface area contributed by atoms with Crippen LogP contribution < -0.4 is 53.6 Å². The number of nitrogens with one attached hydrogen (secondary N) is 12. The average Bonchev–Trinajstić information content (AvgIpc) is 4.35. The number of urea groups is 1. The van der Waals surface area contributed by atoms with Crippen LogP contribution in [0.15, 0.2) is 73.3 Å². The smallest absolute Gasteiger partial charge is 0.325 e. The Morgan fingerprint density at radius 2 is 1.35 bits per heavy atom. The number of nitrogens with two attached hydrogens (primary N) is 1. The Kier molecular flexibility index (Phi) is 23.9. The standard InChI is InChI=1S/C54H71N15O12S2/c1-4-5-17-43(69-52(80)29(2)61-54(69)81)51(79)68-42-27-83-82-26-41(30(3)70)67-48(76)39(22-32-24-59-35-15-10-9-14-34(32)35)65-45(73)36(16-11-20-58-53(55)56)62-47(75)38(21-31-12-7-6-8-13-31)64-49(77)40(23-33-25-57-28-60-33)66-46(74)37(63-50(42)78)18-19-44(71)72/h6-10,12-15,24-25,28-29,36-43,59H,4-5,11,16-23,26-27H2,1-3H3,(H,57,60)(H,61,81)(H,62,75)(H,63,78)(H,64,77)(H,65,73)(H,66,74)(H,67,76)(H,68,79)(H,71,72)(H4,55,56,58)/t29-,36-,37-,38+,39-,40-,41-,42-,43-/m0/s1. The van der Waals surface area contributed by atoms with E-state index >= 15 is 0 Å². The van der Waals surface area contributed by atoms with Gasteiger partial charge in [-0.05, 0) is 56.7 Å². The van der Waals surface area contributed by atoms with E-state index in [1.54, 1.807) is 42.6 Å². The first-order valence-electron chi connectivity index (χ1n) is 27.1. The molecule has 0 unspecified atom stereocenters. The highest BCUT2D eigenvalue weighted by atomic mass is 33.1. The number of aromatic amines is 2. The van der Waals surface area contributed by atoms with Gasteiger partial charge in [0.1, 0.15) is 48.3 Å². The second-order valence-corrected chi connectivity index (χ2v) is 22.6. The van der Waals surface area contributed by atoms with E-state index in [-0.39, 0.29) is 62.5 Å². The lowest BCUT2D eigenvalue weighted by Gasteiger charge is -2.28. The third-order valence-corrected chi connectivity index (χ3v) is 16.2. The first-order chi connectivity index (χ1) is 39.7. The monoisotopic (exact) mass is 1190 g/mol. The van der Waals surface area contributed by atoms with Crippen LogP contribution in [0.3, 0.4) is 0 Å². The maximum absolute atomic E-state index is 14.8. The number of benzene rings is 2. The number of guanidine groups is 1. The molecule has 446 valence electrons. The Hall–Kier alpha value is -8.47. The van der Waals surface area contributed by atoms with Crippen molar-refractivity contribution in [3.8, 4) is 0 Å². The highest BCUT2D eigenvalue weighted by Crippen LogP contribution is 2.25. The number of carboxylic acids is 1. The Morgan fingerprint density at radius 1 is 0.747 bits per heavy atom. The lowest BCUT2D eigenvalue weighted by molar-refractivity contribution is -0.139. The molecule has 27 nitrogen and oxygen atoms in total. The maximum atomic E-state index is 14.8. The molecule has 0 spiro atoms. The molecule has 4 aromatic rings. The van der Waals surface area contributed by atoms with Gasteiger partial charge in [-0.1, -0.05) is 89.9 Å². The summed E-state index contributed by atoms with van der Waals surface area (Å²) in [4.78, 5) is 165. The Bertz CT molecular complexity index is 2980. The van der Waals surface area contributed by atoms with Crippen LogP contribution in [0.5, 0.6) is 0 Å². The van der Waals surface area contributed by atoms with Crippen molar-refractivity contribution in [3.05, 3.63) is 90.1 Å². The van der Waals surface area contributed by atoms with E-state index in [2.05, 4.69) is 62.8 Å². The molecule has 9 atom stereocenters. The Labute approximate surface area is 485 Å². The number of Topliss-reactive ketones (excluding diaryl/α,β-unsaturated/α-hetero) is 1. The second-order valence-electron chi connectivity index (χ2n) is 20.1. The predicted octanol–water partition coefficient (Wildman–Crippen LogP) is -0.0763. The van der Waals surface area contributed by atoms with Crippen molar-refractivity contribution < 1.29 is 57.8 Å². The molecule has 15 N–H and O–H groups in total. The van der Waals surface area contributed by atoms with Crippen LogP contribution in [0.4, 0.5) is 4.79 Å². The van der Waals surface area contributed by atoms with Gasteiger partial charge in [0.15, 0.2) is 11.7 Å². The summed E-state index contributed by atoms with van der Waals surface area (Å²) in [5, 5.41) is 42.2. The topological polar surface area (TPSA) is 414 Å². The van der Waals surface area contributed by atoms with E-state index in [0.29, 0.717) is 29.7 Å². The number of ketones is 1. The molecule has 0 aliphatic carbocycles. The summed E-state index contributed by atoms with van der Waals surface area (Å²) in [7, 11) is 1.98. The molecule has 2 aromatic carbocycles. The molecule has 2 aliphatic rings. The number of nitrogens with zero attached hydrogens (tertiary/aromatic N) is 2. The molecular formula is C54H71N15O12S2. The summed E-state index contributed by atoms with van der Waals surface area (Å²) in [5.74, 6) is -9.65. The lowest BCUT2D eigenvalue weighted by atomic mass is 10.0. The molecule has 2 aromatic heterocycles. The SMILES string of the molecule is CCCC[C@@H](C(=O)N[C@H]1CSSC[C@@H](C(C)=O)NC(=O)[C@H](Cc2c[nH]c3ccccc23)NC(=O)[C@H](CCCNC(=N)N)NC(=O)[C@@H](Cc2ccccc2)NC(=O)[C@H](Cc2cnc[nH]2)NC(=O)[C@H](CCC(=O)O)NC1=O)N1C(=O)N[C@@H](C)C1=O. The van der Waals surface area contributed by atoms with Gasteiger partial charge in [-0.2, -0.15) is 0 Å². The van der Waals surface area contributed by atoms with Crippen molar-refractivity contribution in [3.63, 3.8) is 0 Å². The van der Waals surface area contributed by atoms with Crippen molar-refractivity contribution in [1.29, 1.82) is 5.41 Å². The van der Waals surface area contributed by atoms with Gasteiger partial charge in [0.25, 0.3) is 5.91 Å². The van der Waals surface area contributed by atoms with E-state index in [1.165, 1.54) is 26.4 Å². The molecule has 6 rings (SSSR count). The number of para-hydroxylation sites is 1. The number of aromatic nitrogens is 3. The van der Waals surface area contributed by atoms with E-state index in [0.717, 1.165) is 37.4 Å². The summed E-state index contributed by atoms with van der Waals surface area (Å²) in [6, 6.07) is 2.40. The molecule has 10 amide bonds. The number of aliphatic carboxylic acids is 1. The van der Waals surface area contributed by atoms with Gasteiger partial charge < -0.3 is 68.7 Å². The van der Waals surface area contributed by atoms with Crippen LogP contribution in [0, 0.1) is 5.41 Å². The Balaban J connectivity index is 1.42. The third-order valence-electron chi connectivity index (χ3n) is 13.8. The number of carbonyl (C=O) groups excluding carboxylic acids is 10. The summed E-state index contributed by atoms with van der Waals surface area (Å²) >= 11 is 0. The fourth-order valence-electron chi connectivity index (χ4n) is 9.22. The van der Waals surface area contributed by atoms with Gasteiger partial charge in [0.05, 0.1) is 12.4 Å². The summed E-state index contributed by atoms with van der Waals surface area (Å²) in [6.07, 6.45) is 3.69. The number of rotatable bonds is 20. The van der Waals surface area contributed by atoms with Gasteiger partial charge >= 0.3 is 12.0 Å². The molecule has 2 saturated heterocycles. The number of hydrogen-bond donors (Lipinski definition) is 14. The number of carbonyl (C=O) groups is 11. The molecule has 2 fully saturated rings. The fourth-order valence-corrected chi connectivity index (χ4v) is 11.6. The number of unbranched alkanes of at least 4 members (excludes halogenated alkanes) is 1. The van der Waals surface area contributed by atoms with Crippen molar-refractivity contribution in [2.45, 2.75) is 139 Å². The van der Waals surface area contributed by atoms with Crippen LogP contribution in [0.1, 0.15) is 82.5 Å². The first-order valence-corrected chi connectivity index (χ1v) is 29.6. The van der Waals surface area contributed by atoms with E-state index in [4.69, 9.17) is 11.1 Å². The predicted molar refractivity (Wildman–Crippen MR) is 308 cm³/mol. The number of imidazole rings is 1. The molecule has 2 aliphatic heterocycles. The van der Waals surface area contributed by atoms with Crippen LogP contribution in [-0.2, 0) is 67.2 Å². The van der Waals surface area contributed by atoms with Crippen molar-refractivity contribution in [2.75, 3.05) is 18.1 Å². The van der Waals surface area contributed by atoms with Gasteiger partial charge in [-0.3, -0.25) is 53.4 Å². The van der Waals surface area contributed by atoms with Gasteiger partial charge in [0.2, 0.25) is 41.4 Å². The summed E-state index contributed by atoms with van der Waals surface area (Å²) < 4.78 is 0. The highest BCUT2D eigenvalue weighted by Gasteiger charge is 2.44. The van der Waals surface area contributed by atoms with Crippen molar-refractivity contribution in [1.82, 2.24) is 67.7 Å². The van der Waals surface area contributed by atoms with Crippen molar-refractivity contribution >= 4 is 103 Å². The number of hydrogen-bond acceptors (Lipinski definition) is 15. The zero-order valence-corrected chi connectivity index (χ0v) is 47.7. The number of H-pyrrole nitrogens is 2. The van der Waals surface area contributed by atoms with Crippen LogP contribution in [-0.4, -0.2) is 168 Å². The van der Waals surface area contributed by atoms with Gasteiger partial charge in [-0.25, -0.2) is 14.7 Å². The Morgan fingerprint density at radius 3 is 1.98 bits per heavy atom. The lowest BCUT2D eigenvalue weighted by Crippen LogP contribution is -2.61. The molecule has 0 saturated carbocycles. The normalized spacial score (nSPS) is 23.1. The van der Waals surface area contributed by atoms with Crippen LogP contribution >= 0.6 is 21.6 Å². The molecule has 83 heavy (non-hydrogen) atoms. The quantitative estimate of drug-likeness (QED) is 0.0181. The van der Waals surface area contributed by atoms with Gasteiger partial charge in [-0.15, -0.1) is 0 Å². The number of fused-ring (bicyclic) bond motifs is 1. The fraction of sp³-hybridized carbons (Fsp3) is 0.463.